The lowest BCUT2D eigenvalue weighted by Gasteiger charge is -2.19. The van der Waals surface area contributed by atoms with Gasteiger partial charge in [0.15, 0.2) is 16.7 Å². The van der Waals surface area contributed by atoms with E-state index >= 15 is 0 Å². The van der Waals surface area contributed by atoms with Crippen molar-refractivity contribution in [1.29, 1.82) is 0 Å². The van der Waals surface area contributed by atoms with Crippen molar-refractivity contribution in [2.24, 2.45) is 0 Å². The van der Waals surface area contributed by atoms with Gasteiger partial charge in [0.05, 0.1) is 16.6 Å². The third-order valence-electron chi connectivity index (χ3n) is 5.52. The highest BCUT2D eigenvalue weighted by molar-refractivity contribution is 8.00. The van der Waals surface area contributed by atoms with E-state index in [4.69, 9.17) is 14.5 Å². The number of aromatic nitrogens is 2. The predicted molar refractivity (Wildman–Crippen MR) is 135 cm³/mol. The summed E-state index contributed by atoms with van der Waals surface area (Å²) in [5.41, 5.74) is 4.57. The summed E-state index contributed by atoms with van der Waals surface area (Å²) in [5.74, 6) is 1.27. The normalized spacial score (nSPS) is 13.3. The van der Waals surface area contributed by atoms with Crippen LogP contribution in [0.3, 0.4) is 0 Å². The molecule has 1 atom stereocenters. The quantitative estimate of drug-likeness (QED) is 0.322. The van der Waals surface area contributed by atoms with Crippen LogP contribution in [0.4, 0.5) is 5.69 Å². The van der Waals surface area contributed by atoms with Crippen molar-refractivity contribution < 1.29 is 14.3 Å². The largest absolute Gasteiger partial charge is 0.486 e. The Morgan fingerprint density at radius 2 is 1.65 bits per heavy atom. The summed E-state index contributed by atoms with van der Waals surface area (Å²) in [5, 5.41) is 3.41. The van der Waals surface area contributed by atoms with Crippen LogP contribution in [0.5, 0.6) is 11.5 Å². The highest BCUT2D eigenvalue weighted by Crippen LogP contribution is 2.35. The van der Waals surface area contributed by atoms with E-state index in [1.807, 2.05) is 67.6 Å². The van der Waals surface area contributed by atoms with Crippen LogP contribution >= 0.6 is 11.8 Å². The van der Waals surface area contributed by atoms with Crippen molar-refractivity contribution in [1.82, 2.24) is 9.97 Å². The molecule has 172 valence electrons. The number of fused-ring (bicyclic) bond motifs is 1. The van der Waals surface area contributed by atoms with Crippen molar-refractivity contribution in [3.05, 3.63) is 78.9 Å². The van der Waals surface area contributed by atoms with Crippen molar-refractivity contribution in [2.45, 2.75) is 23.8 Å². The Balaban J connectivity index is 1.38. The Labute approximate surface area is 202 Å². The van der Waals surface area contributed by atoms with E-state index in [-0.39, 0.29) is 11.2 Å². The SMILES string of the molecule is CCC(Sc1nc(-c2ccccc2)c(-c2ccccc2)[nH]1)C(=O)Nc1ccc2c(c1)OCCO2. The van der Waals surface area contributed by atoms with Gasteiger partial charge in [-0.3, -0.25) is 4.79 Å². The number of rotatable bonds is 7. The van der Waals surface area contributed by atoms with Crippen molar-refractivity contribution >= 4 is 23.4 Å². The molecule has 4 aromatic rings. The van der Waals surface area contributed by atoms with E-state index < -0.39 is 0 Å². The molecule has 2 heterocycles. The summed E-state index contributed by atoms with van der Waals surface area (Å²) < 4.78 is 11.2. The van der Waals surface area contributed by atoms with Gasteiger partial charge in [-0.1, -0.05) is 79.3 Å². The molecule has 1 unspecified atom stereocenters. The Hall–Kier alpha value is -3.71. The molecular formula is C27H25N3O3S. The number of nitrogens with one attached hydrogen (secondary N) is 2. The highest BCUT2D eigenvalue weighted by Gasteiger charge is 2.23. The third-order valence-corrected chi connectivity index (χ3v) is 6.77. The van der Waals surface area contributed by atoms with Crippen LogP contribution in [0.1, 0.15) is 13.3 Å². The summed E-state index contributed by atoms with van der Waals surface area (Å²) in [4.78, 5) is 21.4. The molecule has 7 heteroatoms. The average Bonchev–Trinajstić information content (AvgIpc) is 3.32. The van der Waals surface area contributed by atoms with Gasteiger partial charge in [-0.2, -0.15) is 0 Å². The second-order valence-corrected chi connectivity index (χ2v) is 9.05. The monoisotopic (exact) mass is 471 g/mol. The number of carbonyl (C=O) groups excluding carboxylic acids is 1. The number of benzene rings is 3. The van der Waals surface area contributed by atoms with Crippen LogP contribution in [0.2, 0.25) is 0 Å². The van der Waals surface area contributed by atoms with Crippen LogP contribution in [0, 0.1) is 0 Å². The first-order valence-electron chi connectivity index (χ1n) is 11.3. The zero-order valence-electron chi connectivity index (χ0n) is 18.8. The lowest BCUT2D eigenvalue weighted by Crippen LogP contribution is -2.25. The number of hydrogen-bond donors (Lipinski definition) is 2. The number of hydrogen-bond acceptors (Lipinski definition) is 5. The number of aromatic amines is 1. The van der Waals surface area contributed by atoms with Gasteiger partial charge in [-0.15, -0.1) is 0 Å². The van der Waals surface area contributed by atoms with Crippen molar-refractivity contribution in [3.8, 4) is 34.0 Å². The van der Waals surface area contributed by atoms with Gasteiger partial charge in [-0.05, 0) is 18.6 Å². The number of ether oxygens (including phenoxy) is 2. The van der Waals surface area contributed by atoms with Crippen LogP contribution < -0.4 is 14.8 Å². The van der Waals surface area contributed by atoms with Crippen LogP contribution in [0.25, 0.3) is 22.5 Å². The number of amides is 1. The molecular weight excluding hydrogens is 446 g/mol. The number of H-pyrrole nitrogens is 1. The first-order chi connectivity index (χ1) is 16.7. The molecule has 3 aromatic carbocycles. The number of anilines is 1. The molecule has 0 saturated carbocycles. The van der Waals surface area contributed by atoms with Gasteiger partial charge in [0.1, 0.15) is 13.2 Å². The van der Waals surface area contributed by atoms with E-state index in [1.54, 1.807) is 6.07 Å². The summed E-state index contributed by atoms with van der Waals surface area (Å²) in [6.07, 6.45) is 0.656. The lowest BCUT2D eigenvalue weighted by molar-refractivity contribution is -0.115. The maximum absolute atomic E-state index is 13.1. The molecule has 34 heavy (non-hydrogen) atoms. The lowest BCUT2D eigenvalue weighted by atomic mass is 10.1. The minimum absolute atomic E-state index is 0.0805. The second kappa shape index (κ2) is 10.1. The van der Waals surface area contributed by atoms with Gasteiger partial charge >= 0.3 is 0 Å². The molecule has 5 rings (SSSR count). The summed E-state index contributed by atoms with van der Waals surface area (Å²) in [6, 6.07) is 25.7. The number of carbonyl (C=O) groups is 1. The number of imidazole rings is 1. The van der Waals surface area contributed by atoms with Gasteiger partial charge in [0.2, 0.25) is 5.91 Å². The topological polar surface area (TPSA) is 76.2 Å². The fourth-order valence-corrected chi connectivity index (χ4v) is 4.73. The van der Waals surface area contributed by atoms with Gasteiger partial charge < -0.3 is 19.8 Å². The Kier molecular flexibility index (Phi) is 6.53. The van der Waals surface area contributed by atoms with E-state index in [0.29, 0.717) is 42.0 Å². The zero-order chi connectivity index (χ0) is 23.3. The molecule has 6 nitrogen and oxygen atoms in total. The molecule has 1 amide bonds. The number of thioether (sulfide) groups is 1. The minimum atomic E-state index is -0.313. The molecule has 1 aromatic heterocycles. The van der Waals surface area contributed by atoms with Crippen LogP contribution in [-0.2, 0) is 4.79 Å². The van der Waals surface area contributed by atoms with Crippen molar-refractivity contribution in [3.63, 3.8) is 0 Å². The smallest absolute Gasteiger partial charge is 0.237 e. The summed E-state index contributed by atoms with van der Waals surface area (Å²) >= 11 is 1.43. The Bertz CT molecular complexity index is 1220. The first kappa shape index (κ1) is 22.1. The molecule has 2 N–H and O–H groups in total. The maximum Gasteiger partial charge on any atom is 0.237 e. The Morgan fingerprint density at radius 1 is 0.971 bits per heavy atom. The third kappa shape index (κ3) is 4.79. The number of nitrogens with zero attached hydrogens (tertiary/aromatic N) is 1. The van der Waals surface area contributed by atoms with Gasteiger partial charge in [0, 0.05) is 22.9 Å². The highest BCUT2D eigenvalue weighted by atomic mass is 32.2. The second-order valence-electron chi connectivity index (χ2n) is 7.86. The molecule has 0 saturated heterocycles. The van der Waals surface area contributed by atoms with Crippen molar-refractivity contribution in [2.75, 3.05) is 18.5 Å². The van der Waals surface area contributed by atoms with Gasteiger partial charge in [-0.25, -0.2) is 4.98 Å². The zero-order valence-corrected chi connectivity index (χ0v) is 19.6. The van der Waals surface area contributed by atoms with E-state index in [0.717, 1.165) is 22.5 Å². The fourth-order valence-electron chi connectivity index (χ4n) is 3.83. The summed E-state index contributed by atoms with van der Waals surface area (Å²) in [7, 11) is 0. The molecule has 0 spiro atoms. The maximum atomic E-state index is 13.1. The average molecular weight is 472 g/mol. The first-order valence-corrected chi connectivity index (χ1v) is 12.2. The van der Waals surface area contributed by atoms with Crippen LogP contribution in [0.15, 0.2) is 84.0 Å². The molecule has 0 bridgehead atoms. The van der Waals surface area contributed by atoms with E-state index in [9.17, 15) is 4.79 Å². The standard InChI is InChI=1S/C27H25N3O3S/c1-2-23(26(31)28-20-13-14-21-22(17-20)33-16-15-32-21)34-27-29-24(18-9-5-3-6-10-18)25(30-27)19-11-7-4-8-12-19/h3-14,17,23H,2,15-16H2,1H3,(H,28,31)(H,29,30). The molecule has 0 fully saturated rings. The van der Waals surface area contributed by atoms with E-state index in [1.165, 1.54) is 11.8 Å². The fraction of sp³-hybridized carbons (Fsp3) is 0.185. The predicted octanol–water partition coefficient (Wildman–Crippen LogP) is 6.02. The molecule has 1 aliphatic rings. The minimum Gasteiger partial charge on any atom is -0.486 e. The van der Waals surface area contributed by atoms with Crippen LogP contribution in [-0.4, -0.2) is 34.3 Å². The van der Waals surface area contributed by atoms with E-state index in [2.05, 4.69) is 22.4 Å². The van der Waals surface area contributed by atoms with Gasteiger partial charge in [0.25, 0.3) is 0 Å². The summed E-state index contributed by atoms with van der Waals surface area (Å²) in [6.45, 7) is 3.04. The molecule has 0 radical (unpaired) electrons. The molecule has 0 aliphatic carbocycles. The Morgan fingerprint density at radius 3 is 2.35 bits per heavy atom. The molecule has 1 aliphatic heterocycles.